The maximum Gasteiger partial charge on any atom is 0.337 e. The lowest BCUT2D eigenvalue weighted by Gasteiger charge is -2.19. The van der Waals surface area contributed by atoms with Crippen molar-refractivity contribution in [3.05, 3.63) is 29.8 Å². The van der Waals surface area contributed by atoms with Crippen molar-refractivity contribution in [1.29, 1.82) is 0 Å². The first-order chi connectivity index (χ1) is 9.07. The van der Waals surface area contributed by atoms with Gasteiger partial charge in [-0.2, -0.15) is 0 Å². The third kappa shape index (κ3) is 4.37. The Morgan fingerprint density at radius 3 is 2.58 bits per heavy atom. The van der Waals surface area contributed by atoms with Gasteiger partial charge in [0, 0.05) is 13.7 Å². The zero-order valence-corrected chi connectivity index (χ0v) is 11.3. The maximum absolute atomic E-state index is 11.9. The third-order valence-electron chi connectivity index (χ3n) is 2.68. The SMILES string of the molecule is CCCOCCC(=O)N(C)c1ccccc1C(=O)O. The van der Waals surface area contributed by atoms with Gasteiger partial charge in [-0.05, 0) is 18.6 Å². The average molecular weight is 265 g/mol. The van der Waals surface area contributed by atoms with Crippen LogP contribution in [0.4, 0.5) is 5.69 Å². The second-order valence-electron chi connectivity index (χ2n) is 4.14. The smallest absolute Gasteiger partial charge is 0.337 e. The van der Waals surface area contributed by atoms with E-state index in [9.17, 15) is 9.59 Å². The van der Waals surface area contributed by atoms with Gasteiger partial charge in [0.15, 0.2) is 0 Å². The topological polar surface area (TPSA) is 66.8 Å². The highest BCUT2D eigenvalue weighted by atomic mass is 16.5. The molecule has 0 spiro atoms. The second kappa shape index (κ2) is 7.53. The third-order valence-corrected chi connectivity index (χ3v) is 2.68. The van der Waals surface area contributed by atoms with Gasteiger partial charge in [0.05, 0.1) is 24.3 Å². The monoisotopic (exact) mass is 265 g/mol. The van der Waals surface area contributed by atoms with Crippen LogP contribution in [-0.2, 0) is 9.53 Å². The highest BCUT2D eigenvalue weighted by molar-refractivity contribution is 6.01. The molecule has 5 heteroatoms. The number of para-hydroxylation sites is 1. The number of aromatic carboxylic acids is 1. The molecule has 104 valence electrons. The van der Waals surface area contributed by atoms with Gasteiger partial charge in [-0.25, -0.2) is 4.79 Å². The van der Waals surface area contributed by atoms with Crippen LogP contribution >= 0.6 is 0 Å². The predicted molar refractivity (Wildman–Crippen MR) is 72.5 cm³/mol. The number of rotatable bonds is 7. The van der Waals surface area contributed by atoms with Crippen molar-refractivity contribution in [3.63, 3.8) is 0 Å². The van der Waals surface area contributed by atoms with Crippen LogP contribution in [0, 0.1) is 0 Å². The zero-order valence-electron chi connectivity index (χ0n) is 11.3. The molecule has 0 heterocycles. The van der Waals surface area contributed by atoms with Crippen molar-refractivity contribution in [2.24, 2.45) is 0 Å². The van der Waals surface area contributed by atoms with E-state index in [0.29, 0.717) is 18.9 Å². The van der Waals surface area contributed by atoms with E-state index in [-0.39, 0.29) is 17.9 Å². The Morgan fingerprint density at radius 2 is 1.95 bits per heavy atom. The highest BCUT2D eigenvalue weighted by Gasteiger charge is 2.17. The summed E-state index contributed by atoms with van der Waals surface area (Å²) in [7, 11) is 1.57. The second-order valence-corrected chi connectivity index (χ2v) is 4.14. The molecule has 1 N–H and O–H groups in total. The molecule has 5 nitrogen and oxygen atoms in total. The quantitative estimate of drug-likeness (QED) is 0.767. The van der Waals surface area contributed by atoms with E-state index in [1.54, 1.807) is 25.2 Å². The van der Waals surface area contributed by atoms with Gasteiger partial charge in [0.25, 0.3) is 0 Å². The highest BCUT2D eigenvalue weighted by Crippen LogP contribution is 2.19. The molecule has 1 aromatic carbocycles. The van der Waals surface area contributed by atoms with Crippen LogP contribution < -0.4 is 4.90 Å². The molecule has 0 atom stereocenters. The Bertz CT molecular complexity index is 445. The van der Waals surface area contributed by atoms with Crippen molar-refractivity contribution in [2.75, 3.05) is 25.2 Å². The Kier molecular flexibility index (Phi) is 6.02. The molecule has 0 saturated carbocycles. The summed E-state index contributed by atoms with van der Waals surface area (Å²) in [5.74, 6) is -1.21. The predicted octanol–water partition coefficient (Wildman–Crippen LogP) is 2.16. The first kappa shape index (κ1) is 15.2. The molecule has 0 aliphatic rings. The first-order valence-electron chi connectivity index (χ1n) is 6.24. The number of hydrogen-bond acceptors (Lipinski definition) is 3. The van der Waals surface area contributed by atoms with Gasteiger partial charge in [-0.3, -0.25) is 4.79 Å². The van der Waals surface area contributed by atoms with E-state index in [2.05, 4.69) is 0 Å². The molecule has 1 aromatic rings. The standard InChI is InChI=1S/C14H19NO4/c1-3-9-19-10-8-13(16)15(2)12-7-5-4-6-11(12)14(17)18/h4-7H,3,8-10H2,1-2H3,(H,17,18). The lowest BCUT2D eigenvalue weighted by atomic mass is 10.1. The molecule has 0 fully saturated rings. The lowest BCUT2D eigenvalue weighted by molar-refractivity contribution is -0.119. The number of carboxylic acids is 1. The summed E-state index contributed by atoms with van der Waals surface area (Å²) in [6.45, 7) is 2.98. The Hall–Kier alpha value is -1.88. The van der Waals surface area contributed by atoms with Gasteiger partial charge in [0.2, 0.25) is 5.91 Å². The number of carboxylic acid groups (broad SMARTS) is 1. The largest absolute Gasteiger partial charge is 0.478 e. The van der Waals surface area contributed by atoms with Gasteiger partial charge >= 0.3 is 5.97 Å². The molecule has 0 aliphatic heterocycles. The first-order valence-corrected chi connectivity index (χ1v) is 6.24. The Labute approximate surface area is 112 Å². The number of nitrogens with zero attached hydrogens (tertiary/aromatic N) is 1. The van der Waals surface area contributed by atoms with Gasteiger partial charge in [-0.15, -0.1) is 0 Å². The summed E-state index contributed by atoms with van der Waals surface area (Å²) in [6.07, 6.45) is 1.15. The van der Waals surface area contributed by atoms with Crippen LogP contribution in [0.1, 0.15) is 30.1 Å². The number of anilines is 1. The van der Waals surface area contributed by atoms with Gasteiger partial charge in [0.1, 0.15) is 0 Å². The van der Waals surface area contributed by atoms with Crippen molar-refractivity contribution >= 4 is 17.6 Å². The fourth-order valence-corrected chi connectivity index (χ4v) is 1.65. The molecule has 1 amide bonds. The summed E-state index contributed by atoms with van der Waals surface area (Å²) >= 11 is 0. The van der Waals surface area contributed by atoms with E-state index in [4.69, 9.17) is 9.84 Å². The molecule has 19 heavy (non-hydrogen) atoms. The minimum atomic E-state index is -1.04. The summed E-state index contributed by atoms with van der Waals surface area (Å²) in [4.78, 5) is 24.4. The number of ether oxygens (including phenoxy) is 1. The zero-order chi connectivity index (χ0) is 14.3. The van der Waals surface area contributed by atoms with E-state index >= 15 is 0 Å². The molecule has 0 saturated heterocycles. The minimum Gasteiger partial charge on any atom is -0.478 e. The number of carbonyl (C=O) groups excluding carboxylic acids is 1. The average Bonchev–Trinajstić information content (AvgIpc) is 2.42. The van der Waals surface area contributed by atoms with Gasteiger partial charge in [-0.1, -0.05) is 19.1 Å². The number of carbonyl (C=O) groups is 2. The molecule has 1 rings (SSSR count). The van der Waals surface area contributed by atoms with E-state index in [0.717, 1.165) is 6.42 Å². The lowest BCUT2D eigenvalue weighted by Crippen LogP contribution is -2.28. The van der Waals surface area contributed by atoms with E-state index in [1.807, 2.05) is 6.92 Å². The van der Waals surface area contributed by atoms with Crippen LogP contribution in [0.2, 0.25) is 0 Å². The molecular formula is C14H19NO4. The number of hydrogen-bond donors (Lipinski definition) is 1. The molecule has 0 unspecified atom stereocenters. The molecule has 0 aliphatic carbocycles. The fraction of sp³-hybridized carbons (Fsp3) is 0.429. The molecule has 0 bridgehead atoms. The van der Waals surface area contributed by atoms with Crippen LogP contribution in [0.15, 0.2) is 24.3 Å². The Balaban J connectivity index is 2.69. The summed E-state index contributed by atoms with van der Waals surface area (Å²) < 4.78 is 5.25. The van der Waals surface area contributed by atoms with Crippen LogP contribution in [0.5, 0.6) is 0 Å². The van der Waals surface area contributed by atoms with E-state index in [1.165, 1.54) is 11.0 Å². The summed E-state index contributed by atoms with van der Waals surface area (Å²) in [5.41, 5.74) is 0.517. The molecule has 0 aromatic heterocycles. The minimum absolute atomic E-state index is 0.118. The van der Waals surface area contributed by atoms with Crippen molar-refractivity contribution in [3.8, 4) is 0 Å². The van der Waals surface area contributed by atoms with Crippen LogP contribution in [0.25, 0.3) is 0 Å². The van der Waals surface area contributed by atoms with Crippen LogP contribution in [-0.4, -0.2) is 37.2 Å². The molecule has 0 radical (unpaired) electrons. The van der Waals surface area contributed by atoms with Crippen LogP contribution in [0.3, 0.4) is 0 Å². The van der Waals surface area contributed by atoms with Crippen molar-refractivity contribution < 1.29 is 19.4 Å². The summed E-state index contributed by atoms with van der Waals surface area (Å²) in [5, 5.41) is 9.08. The maximum atomic E-state index is 11.9. The van der Waals surface area contributed by atoms with Crippen molar-refractivity contribution in [2.45, 2.75) is 19.8 Å². The summed E-state index contributed by atoms with van der Waals surface area (Å²) in [6, 6.07) is 6.44. The van der Waals surface area contributed by atoms with E-state index < -0.39 is 5.97 Å². The van der Waals surface area contributed by atoms with Crippen molar-refractivity contribution in [1.82, 2.24) is 0 Å². The number of amides is 1. The molecular weight excluding hydrogens is 246 g/mol. The van der Waals surface area contributed by atoms with Gasteiger partial charge < -0.3 is 14.7 Å². The number of benzene rings is 1. The fourth-order valence-electron chi connectivity index (χ4n) is 1.65. The Morgan fingerprint density at radius 1 is 1.26 bits per heavy atom. The normalized spacial score (nSPS) is 10.2.